The molecule has 1 saturated heterocycles. The molecule has 1 aromatic rings. The Morgan fingerprint density at radius 3 is 2.56 bits per heavy atom. The van der Waals surface area contributed by atoms with Crippen molar-refractivity contribution < 1.29 is 0 Å². The van der Waals surface area contributed by atoms with E-state index in [1.165, 1.54) is 44.1 Å². The van der Waals surface area contributed by atoms with E-state index in [1.807, 2.05) is 0 Å². The van der Waals surface area contributed by atoms with E-state index in [-0.39, 0.29) is 0 Å². The summed E-state index contributed by atoms with van der Waals surface area (Å²) in [6.45, 7) is 0. The minimum absolute atomic E-state index is 0.612. The van der Waals surface area contributed by atoms with Crippen LogP contribution in [0.1, 0.15) is 50.1 Å². The molecule has 1 aromatic carbocycles. The third-order valence-electron chi connectivity index (χ3n) is 4.35. The molecule has 0 amide bonds. The molecule has 1 N–H and O–H groups in total. The zero-order valence-corrected chi connectivity index (χ0v) is 9.86. The SMILES string of the molecule is c1ccc([C@@H]2CC[C@@H]3CCCC[C@@H]3N2)cc1. The second-order valence-corrected chi connectivity index (χ2v) is 5.36. The maximum absolute atomic E-state index is 3.87. The Balaban J connectivity index is 1.71. The van der Waals surface area contributed by atoms with E-state index in [4.69, 9.17) is 0 Å². The van der Waals surface area contributed by atoms with E-state index in [0.29, 0.717) is 6.04 Å². The smallest absolute Gasteiger partial charge is 0.0322 e. The quantitative estimate of drug-likeness (QED) is 0.753. The highest BCUT2D eigenvalue weighted by Crippen LogP contribution is 2.36. The van der Waals surface area contributed by atoms with Crippen molar-refractivity contribution in [3.63, 3.8) is 0 Å². The second-order valence-electron chi connectivity index (χ2n) is 5.36. The molecular weight excluding hydrogens is 194 g/mol. The van der Waals surface area contributed by atoms with Crippen LogP contribution in [0.5, 0.6) is 0 Å². The number of hydrogen-bond donors (Lipinski definition) is 1. The standard InChI is InChI=1S/C15H21N/c1-2-6-12(7-3-1)15-11-10-13-8-4-5-9-14(13)16-15/h1-3,6-7,13-16H,4-5,8-11H2/t13-,14-,15-/m0/s1. The molecule has 1 aliphatic carbocycles. The van der Waals surface area contributed by atoms with E-state index in [9.17, 15) is 0 Å². The number of rotatable bonds is 1. The van der Waals surface area contributed by atoms with Gasteiger partial charge in [0.15, 0.2) is 0 Å². The van der Waals surface area contributed by atoms with Gasteiger partial charge in [-0.1, -0.05) is 43.2 Å². The highest BCUT2D eigenvalue weighted by atomic mass is 15.0. The van der Waals surface area contributed by atoms with Crippen molar-refractivity contribution in [1.29, 1.82) is 0 Å². The van der Waals surface area contributed by atoms with Crippen molar-refractivity contribution in [3.05, 3.63) is 35.9 Å². The average Bonchev–Trinajstić information content (AvgIpc) is 2.39. The molecule has 2 fully saturated rings. The lowest BCUT2D eigenvalue weighted by Gasteiger charge is -2.40. The van der Waals surface area contributed by atoms with E-state index >= 15 is 0 Å². The van der Waals surface area contributed by atoms with Crippen LogP contribution in [0.15, 0.2) is 30.3 Å². The summed E-state index contributed by atoms with van der Waals surface area (Å²) in [6.07, 6.45) is 8.49. The molecule has 0 spiro atoms. The Bertz CT molecular complexity index is 333. The number of nitrogens with one attached hydrogen (secondary N) is 1. The summed E-state index contributed by atoms with van der Waals surface area (Å²) in [5.41, 5.74) is 1.48. The summed E-state index contributed by atoms with van der Waals surface area (Å²) < 4.78 is 0. The van der Waals surface area contributed by atoms with Gasteiger partial charge in [-0.25, -0.2) is 0 Å². The minimum Gasteiger partial charge on any atom is -0.307 e. The van der Waals surface area contributed by atoms with Gasteiger partial charge >= 0.3 is 0 Å². The minimum atomic E-state index is 0.612. The Morgan fingerprint density at radius 1 is 0.875 bits per heavy atom. The molecule has 86 valence electrons. The van der Waals surface area contributed by atoms with Crippen LogP contribution in [0.2, 0.25) is 0 Å². The summed E-state index contributed by atoms with van der Waals surface area (Å²) in [4.78, 5) is 0. The molecule has 0 radical (unpaired) electrons. The Kier molecular flexibility index (Phi) is 2.96. The van der Waals surface area contributed by atoms with Gasteiger partial charge in [0.2, 0.25) is 0 Å². The van der Waals surface area contributed by atoms with Crippen molar-refractivity contribution >= 4 is 0 Å². The number of benzene rings is 1. The van der Waals surface area contributed by atoms with Gasteiger partial charge in [-0.3, -0.25) is 0 Å². The van der Waals surface area contributed by atoms with Crippen LogP contribution in [0.3, 0.4) is 0 Å². The van der Waals surface area contributed by atoms with Gasteiger partial charge in [0.1, 0.15) is 0 Å². The molecule has 3 atom stereocenters. The van der Waals surface area contributed by atoms with E-state index in [2.05, 4.69) is 35.6 Å². The molecule has 1 aliphatic heterocycles. The summed E-state index contributed by atoms with van der Waals surface area (Å²) in [6, 6.07) is 12.4. The van der Waals surface area contributed by atoms with Gasteiger partial charge < -0.3 is 5.32 Å². The molecule has 0 aromatic heterocycles. The van der Waals surface area contributed by atoms with Crippen LogP contribution in [-0.2, 0) is 0 Å². The lowest BCUT2D eigenvalue weighted by atomic mass is 9.77. The first kappa shape index (κ1) is 10.3. The third kappa shape index (κ3) is 2.01. The fraction of sp³-hybridized carbons (Fsp3) is 0.600. The Morgan fingerprint density at radius 2 is 1.69 bits per heavy atom. The van der Waals surface area contributed by atoms with Crippen molar-refractivity contribution in [2.24, 2.45) is 5.92 Å². The molecule has 3 rings (SSSR count). The van der Waals surface area contributed by atoms with Crippen LogP contribution >= 0.6 is 0 Å². The van der Waals surface area contributed by atoms with E-state index < -0.39 is 0 Å². The first-order chi connectivity index (χ1) is 7.93. The average molecular weight is 215 g/mol. The molecule has 1 saturated carbocycles. The lowest BCUT2D eigenvalue weighted by Crippen LogP contribution is -2.44. The Labute approximate surface area is 98.3 Å². The number of hydrogen-bond acceptors (Lipinski definition) is 1. The molecule has 2 aliphatic rings. The predicted octanol–water partition coefficient (Wildman–Crippen LogP) is 3.67. The van der Waals surface area contributed by atoms with Crippen molar-refractivity contribution in [3.8, 4) is 0 Å². The lowest BCUT2D eigenvalue weighted by molar-refractivity contribution is 0.177. The summed E-state index contributed by atoms with van der Waals surface area (Å²) in [5, 5.41) is 3.87. The summed E-state index contributed by atoms with van der Waals surface area (Å²) in [5.74, 6) is 0.966. The molecular formula is C15H21N. The first-order valence-corrected chi connectivity index (χ1v) is 6.74. The maximum Gasteiger partial charge on any atom is 0.0322 e. The first-order valence-electron chi connectivity index (χ1n) is 6.74. The summed E-state index contributed by atoms with van der Waals surface area (Å²) in [7, 11) is 0. The fourth-order valence-corrected chi connectivity index (χ4v) is 3.44. The fourth-order valence-electron chi connectivity index (χ4n) is 3.44. The van der Waals surface area contributed by atoms with Crippen LogP contribution in [-0.4, -0.2) is 6.04 Å². The topological polar surface area (TPSA) is 12.0 Å². The highest BCUT2D eigenvalue weighted by molar-refractivity contribution is 5.19. The van der Waals surface area contributed by atoms with Gasteiger partial charge in [0.05, 0.1) is 0 Å². The highest BCUT2D eigenvalue weighted by Gasteiger charge is 2.31. The van der Waals surface area contributed by atoms with Gasteiger partial charge in [0.25, 0.3) is 0 Å². The van der Waals surface area contributed by atoms with Crippen molar-refractivity contribution in [2.45, 2.75) is 50.6 Å². The molecule has 16 heavy (non-hydrogen) atoms. The van der Waals surface area contributed by atoms with Crippen molar-refractivity contribution in [2.75, 3.05) is 0 Å². The van der Waals surface area contributed by atoms with Crippen LogP contribution in [0.25, 0.3) is 0 Å². The number of piperidine rings is 1. The molecule has 1 heterocycles. The molecule has 0 bridgehead atoms. The van der Waals surface area contributed by atoms with Crippen LogP contribution in [0, 0.1) is 5.92 Å². The normalized spacial score (nSPS) is 34.4. The molecule has 1 heteroatoms. The van der Waals surface area contributed by atoms with E-state index in [0.717, 1.165) is 12.0 Å². The van der Waals surface area contributed by atoms with Crippen LogP contribution in [0.4, 0.5) is 0 Å². The third-order valence-corrected chi connectivity index (χ3v) is 4.35. The molecule has 1 nitrogen and oxygen atoms in total. The monoisotopic (exact) mass is 215 g/mol. The Hall–Kier alpha value is -0.820. The predicted molar refractivity (Wildman–Crippen MR) is 67.3 cm³/mol. The van der Waals surface area contributed by atoms with Gasteiger partial charge in [-0.15, -0.1) is 0 Å². The largest absolute Gasteiger partial charge is 0.307 e. The van der Waals surface area contributed by atoms with Gasteiger partial charge in [-0.05, 0) is 37.2 Å². The van der Waals surface area contributed by atoms with Crippen molar-refractivity contribution in [1.82, 2.24) is 5.32 Å². The van der Waals surface area contributed by atoms with E-state index in [1.54, 1.807) is 0 Å². The van der Waals surface area contributed by atoms with Gasteiger partial charge in [0, 0.05) is 12.1 Å². The second kappa shape index (κ2) is 4.58. The van der Waals surface area contributed by atoms with Crippen LogP contribution < -0.4 is 5.32 Å². The number of fused-ring (bicyclic) bond motifs is 1. The zero-order valence-electron chi connectivity index (χ0n) is 9.86. The molecule has 0 unspecified atom stereocenters. The zero-order chi connectivity index (χ0) is 10.8. The summed E-state index contributed by atoms with van der Waals surface area (Å²) >= 11 is 0. The van der Waals surface area contributed by atoms with Gasteiger partial charge in [-0.2, -0.15) is 0 Å². The maximum atomic E-state index is 3.87.